The summed E-state index contributed by atoms with van der Waals surface area (Å²) in [6.45, 7) is 1.70. The molecule has 0 amide bonds. The van der Waals surface area contributed by atoms with Gasteiger partial charge in [0, 0.05) is 9.47 Å². The van der Waals surface area contributed by atoms with Gasteiger partial charge in [0.15, 0.2) is 0 Å². The van der Waals surface area contributed by atoms with Gasteiger partial charge in [0.25, 0.3) is 0 Å². The summed E-state index contributed by atoms with van der Waals surface area (Å²) in [6.07, 6.45) is -0.875. The van der Waals surface area contributed by atoms with E-state index in [9.17, 15) is 5.11 Å². The van der Waals surface area contributed by atoms with Crippen LogP contribution in [-0.2, 0) is 9.26 Å². The van der Waals surface area contributed by atoms with Crippen molar-refractivity contribution in [3.8, 4) is 0 Å². The summed E-state index contributed by atoms with van der Waals surface area (Å²) in [5.74, 6) is 0. The van der Waals surface area contributed by atoms with Gasteiger partial charge in [-0.2, -0.15) is 0 Å². The number of hydrogen-bond acceptors (Lipinski definition) is 4. The van der Waals surface area contributed by atoms with Gasteiger partial charge in [0.05, 0.1) is 13.2 Å². The van der Waals surface area contributed by atoms with E-state index in [0.29, 0.717) is 0 Å². The zero-order valence-corrected chi connectivity index (χ0v) is 7.51. The van der Waals surface area contributed by atoms with Gasteiger partial charge in [-0.05, 0) is 6.92 Å². The molecule has 66 valence electrons. The third-order valence-corrected chi connectivity index (χ3v) is 2.16. The van der Waals surface area contributed by atoms with E-state index in [0.717, 1.165) is 0 Å². The van der Waals surface area contributed by atoms with Gasteiger partial charge in [-0.25, -0.2) is 0 Å². The lowest BCUT2D eigenvalue weighted by Gasteiger charge is -2.23. The van der Waals surface area contributed by atoms with Crippen molar-refractivity contribution in [1.29, 1.82) is 0 Å². The van der Waals surface area contributed by atoms with Crippen LogP contribution in [0.1, 0.15) is 6.92 Å². The Morgan fingerprint density at radius 1 is 1.82 bits per heavy atom. The standard InChI is InChI=1S/C6H13O4P/c1-6(8)3-9-4(2-7)5(6)10-11/h4-5,7-8H,2-3,11H2,1H3/t4-,5?,6?/m1/s1. The van der Waals surface area contributed by atoms with Crippen LogP contribution in [-0.4, -0.2) is 41.2 Å². The minimum atomic E-state index is -0.991. The van der Waals surface area contributed by atoms with Gasteiger partial charge in [-0.1, -0.05) is 0 Å². The van der Waals surface area contributed by atoms with Gasteiger partial charge in [0.1, 0.15) is 17.8 Å². The zero-order chi connectivity index (χ0) is 8.48. The van der Waals surface area contributed by atoms with Crippen molar-refractivity contribution in [2.24, 2.45) is 0 Å². The fraction of sp³-hybridized carbons (Fsp3) is 1.00. The molecule has 0 radical (unpaired) electrons. The molecule has 4 nitrogen and oxygen atoms in total. The van der Waals surface area contributed by atoms with E-state index in [-0.39, 0.29) is 13.2 Å². The molecule has 1 saturated heterocycles. The van der Waals surface area contributed by atoms with Crippen LogP contribution in [0, 0.1) is 0 Å². The maximum atomic E-state index is 9.58. The SMILES string of the molecule is CC1(O)CO[C@H](CO)C1OP. The average Bonchev–Trinajstić information content (AvgIpc) is 2.24. The molecule has 1 rings (SSSR count). The minimum absolute atomic E-state index is 0.130. The van der Waals surface area contributed by atoms with E-state index < -0.39 is 17.8 Å². The van der Waals surface area contributed by atoms with Crippen LogP contribution in [0.3, 0.4) is 0 Å². The summed E-state index contributed by atoms with van der Waals surface area (Å²) in [5, 5.41) is 18.4. The van der Waals surface area contributed by atoms with Crippen LogP contribution in [0.25, 0.3) is 0 Å². The molecule has 3 unspecified atom stereocenters. The highest BCUT2D eigenvalue weighted by atomic mass is 31.0. The highest BCUT2D eigenvalue weighted by molar-refractivity contribution is 7.09. The number of aliphatic hydroxyl groups is 2. The Bertz CT molecular complexity index is 139. The molecule has 0 aliphatic carbocycles. The Morgan fingerprint density at radius 2 is 2.45 bits per heavy atom. The highest BCUT2D eigenvalue weighted by Crippen LogP contribution is 2.28. The molecule has 11 heavy (non-hydrogen) atoms. The maximum absolute atomic E-state index is 9.58. The first-order valence-electron chi connectivity index (χ1n) is 3.42. The second-order valence-corrected chi connectivity index (χ2v) is 3.22. The third kappa shape index (κ3) is 1.71. The summed E-state index contributed by atoms with van der Waals surface area (Å²) in [7, 11) is 2.07. The van der Waals surface area contributed by atoms with Crippen molar-refractivity contribution in [3.05, 3.63) is 0 Å². The van der Waals surface area contributed by atoms with E-state index in [1.165, 1.54) is 0 Å². The molecular weight excluding hydrogens is 167 g/mol. The van der Waals surface area contributed by atoms with Crippen molar-refractivity contribution >= 4 is 9.47 Å². The van der Waals surface area contributed by atoms with Gasteiger partial charge in [0.2, 0.25) is 0 Å². The van der Waals surface area contributed by atoms with E-state index in [2.05, 4.69) is 9.47 Å². The second-order valence-electron chi connectivity index (χ2n) is 2.95. The van der Waals surface area contributed by atoms with E-state index in [1.54, 1.807) is 6.92 Å². The molecule has 0 bridgehead atoms. The normalized spacial score (nSPS) is 44.7. The summed E-state index contributed by atoms with van der Waals surface area (Å²) < 4.78 is 9.99. The van der Waals surface area contributed by atoms with Crippen molar-refractivity contribution in [2.45, 2.75) is 24.7 Å². The van der Waals surface area contributed by atoms with Crippen LogP contribution in [0.4, 0.5) is 0 Å². The number of rotatable bonds is 2. The first kappa shape index (κ1) is 9.36. The molecule has 1 heterocycles. The van der Waals surface area contributed by atoms with E-state index in [1.807, 2.05) is 0 Å². The summed E-state index contributed by atoms with van der Waals surface area (Å²) in [5.41, 5.74) is -0.991. The monoisotopic (exact) mass is 180 g/mol. The number of hydrogen-bond donors (Lipinski definition) is 2. The summed E-state index contributed by atoms with van der Waals surface area (Å²) >= 11 is 0. The Labute approximate surface area is 67.8 Å². The molecule has 0 aromatic carbocycles. The Morgan fingerprint density at radius 3 is 2.82 bits per heavy atom. The van der Waals surface area contributed by atoms with Crippen LogP contribution in [0.2, 0.25) is 0 Å². The van der Waals surface area contributed by atoms with E-state index >= 15 is 0 Å². The molecule has 4 atom stereocenters. The molecule has 1 aliphatic heterocycles. The Kier molecular flexibility index (Phi) is 2.84. The number of aliphatic hydroxyl groups excluding tert-OH is 1. The Hall–Kier alpha value is 0.270. The molecule has 0 spiro atoms. The summed E-state index contributed by atoms with van der Waals surface area (Å²) in [4.78, 5) is 0. The molecule has 0 aromatic rings. The van der Waals surface area contributed by atoms with Gasteiger partial charge in [-0.15, -0.1) is 0 Å². The molecular formula is C6H13O4P. The lowest BCUT2D eigenvalue weighted by atomic mass is 10.00. The van der Waals surface area contributed by atoms with Crippen LogP contribution in [0.15, 0.2) is 0 Å². The maximum Gasteiger partial charge on any atom is 0.120 e. The lowest BCUT2D eigenvalue weighted by Crippen LogP contribution is -2.42. The topological polar surface area (TPSA) is 58.9 Å². The smallest absolute Gasteiger partial charge is 0.120 e. The predicted octanol–water partition coefficient (Wildman–Crippen LogP) is -0.696. The molecule has 0 aromatic heterocycles. The van der Waals surface area contributed by atoms with Crippen molar-refractivity contribution in [3.63, 3.8) is 0 Å². The van der Waals surface area contributed by atoms with E-state index in [4.69, 9.17) is 14.4 Å². The quantitative estimate of drug-likeness (QED) is 0.552. The fourth-order valence-electron chi connectivity index (χ4n) is 1.23. The number of ether oxygens (including phenoxy) is 1. The predicted molar refractivity (Wildman–Crippen MR) is 42.0 cm³/mol. The Balaban J connectivity index is 2.63. The van der Waals surface area contributed by atoms with Gasteiger partial charge in [-0.3, -0.25) is 0 Å². The molecule has 1 fully saturated rings. The minimum Gasteiger partial charge on any atom is -0.394 e. The van der Waals surface area contributed by atoms with Gasteiger partial charge < -0.3 is 19.5 Å². The fourth-order valence-corrected chi connectivity index (χ4v) is 1.70. The first-order valence-corrected chi connectivity index (χ1v) is 3.89. The van der Waals surface area contributed by atoms with Gasteiger partial charge >= 0.3 is 0 Å². The molecule has 0 saturated carbocycles. The molecule has 1 aliphatic rings. The van der Waals surface area contributed by atoms with Crippen LogP contribution in [0.5, 0.6) is 0 Å². The van der Waals surface area contributed by atoms with Crippen molar-refractivity contribution in [2.75, 3.05) is 13.2 Å². The van der Waals surface area contributed by atoms with Crippen molar-refractivity contribution in [1.82, 2.24) is 0 Å². The zero-order valence-electron chi connectivity index (χ0n) is 6.36. The second kappa shape index (κ2) is 3.33. The third-order valence-electron chi connectivity index (χ3n) is 1.87. The highest BCUT2D eigenvalue weighted by Gasteiger charge is 2.45. The average molecular weight is 180 g/mol. The molecule has 2 N–H and O–H groups in total. The largest absolute Gasteiger partial charge is 0.394 e. The first-order chi connectivity index (χ1) is 5.11. The van der Waals surface area contributed by atoms with Crippen LogP contribution >= 0.6 is 9.47 Å². The van der Waals surface area contributed by atoms with Crippen molar-refractivity contribution < 1.29 is 19.5 Å². The summed E-state index contributed by atoms with van der Waals surface area (Å²) in [6, 6.07) is 0. The van der Waals surface area contributed by atoms with Crippen LogP contribution < -0.4 is 0 Å². The lowest BCUT2D eigenvalue weighted by molar-refractivity contribution is -0.0196. The molecule has 5 heteroatoms.